The van der Waals surface area contributed by atoms with Crippen LogP contribution in [0.5, 0.6) is 0 Å². The molecule has 0 spiro atoms. The third kappa shape index (κ3) is 3.18. The summed E-state index contributed by atoms with van der Waals surface area (Å²) in [5.41, 5.74) is -2.44. The topological polar surface area (TPSA) is 20.2 Å². The van der Waals surface area contributed by atoms with E-state index in [-0.39, 0.29) is 0 Å². The highest BCUT2D eigenvalue weighted by Gasteiger charge is 2.32. The monoisotopic (exact) mass is 306 g/mol. The Morgan fingerprint density at radius 2 is 1.48 bits per heavy atom. The summed E-state index contributed by atoms with van der Waals surface area (Å²) in [6.45, 7) is 0. The molecule has 0 amide bonds. The van der Waals surface area contributed by atoms with Gasteiger partial charge in [0.05, 0.1) is 5.56 Å². The Hall–Kier alpha value is -2.02. The zero-order valence-electron chi connectivity index (χ0n) is 10.3. The van der Waals surface area contributed by atoms with Crippen LogP contribution in [-0.4, -0.2) is 5.11 Å². The SMILES string of the molecule is OC(c1ccc(F)cc1F)c1cc(C(F)(F)F)ccc1F. The first-order chi connectivity index (χ1) is 9.70. The smallest absolute Gasteiger partial charge is 0.383 e. The number of benzene rings is 2. The van der Waals surface area contributed by atoms with E-state index >= 15 is 0 Å². The van der Waals surface area contributed by atoms with Gasteiger partial charge in [-0.3, -0.25) is 0 Å². The molecule has 0 aromatic heterocycles. The fourth-order valence-corrected chi connectivity index (χ4v) is 1.82. The Kier molecular flexibility index (Phi) is 3.95. The lowest BCUT2D eigenvalue weighted by Gasteiger charge is -2.15. The summed E-state index contributed by atoms with van der Waals surface area (Å²) in [5, 5.41) is 9.86. The van der Waals surface area contributed by atoms with Gasteiger partial charge in [-0.25, -0.2) is 13.2 Å². The van der Waals surface area contributed by atoms with E-state index in [1.165, 1.54) is 0 Å². The number of hydrogen-bond acceptors (Lipinski definition) is 1. The molecule has 0 fully saturated rings. The van der Waals surface area contributed by atoms with Crippen molar-refractivity contribution in [1.29, 1.82) is 0 Å². The molecule has 2 aromatic carbocycles. The van der Waals surface area contributed by atoms with E-state index in [2.05, 4.69) is 0 Å². The fraction of sp³-hybridized carbons (Fsp3) is 0.143. The lowest BCUT2D eigenvalue weighted by molar-refractivity contribution is -0.137. The maximum absolute atomic E-state index is 13.6. The van der Waals surface area contributed by atoms with Crippen molar-refractivity contribution < 1.29 is 31.4 Å². The van der Waals surface area contributed by atoms with Crippen LogP contribution in [0, 0.1) is 17.5 Å². The van der Waals surface area contributed by atoms with Crippen LogP contribution in [-0.2, 0) is 6.18 Å². The Morgan fingerprint density at radius 1 is 0.810 bits per heavy atom. The van der Waals surface area contributed by atoms with E-state index < -0.39 is 46.4 Å². The number of aliphatic hydroxyl groups excluding tert-OH is 1. The third-order valence-corrected chi connectivity index (χ3v) is 2.87. The summed E-state index contributed by atoms with van der Waals surface area (Å²) in [7, 11) is 0. The average Bonchev–Trinajstić information content (AvgIpc) is 2.37. The van der Waals surface area contributed by atoms with E-state index in [1.807, 2.05) is 0 Å². The maximum atomic E-state index is 13.6. The Labute approximate surface area is 115 Å². The lowest BCUT2D eigenvalue weighted by atomic mass is 9.98. The first kappa shape index (κ1) is 15.4. The van der Waals surface area contributed by atoms with Gasteiger partial charge in [0.25, 0.3) is 0 Å². The second-order valence-corrected chi connectivity index (χ2v) is 4.30. The first-order valence-corrected chi connectivity index (χ1v) is 5.70. The van der Waals surface area contributed by atoms with Crippen molar-refractivity contribution in [1.82, 2.24) is 0 Å². The van der Waals surface area contributed by atoms with Gasteiger partial charge in [-0.1, -0.05) is 6.07 Å². The molecule has 2 rings (SSSR count). The van der Waals surface area contributed by atoms with Crippen LogP contribution >= 0.6 is 0 Å². The molecule has 1 unspecified atom stereocenters. The molecule has 0 aliphatic rings. The van der Waals surface area contributed by atoms with Gasteiger partial charge in [-0.15, -0.1) is 0 Å². The van der Waals surface area contributed by atoms with Crippen molar-refractivity contribution in [3.8, 4) is 0 Å². The molecule has 7 heteroatoms. The largest absolute Gasteiger partial charge is 0.416 e. The van der Waals surface area contributed by atoms with E-state index in [1.54, 1.807) is 0 Å². The molecular weight excluding hydrogens is 298 g/mol. The summed E-state index contributed by atoms with van der Waals surface area (Å²) in [6, 6.07) is 3.53. The molecule has 0 bridgehead atoms. The van der Waals surface area contributed by atoms with Gasteiger partial charge in [-0.05, 0) is 24.3 Å². The van der Waals surface area contributed by atoms with Gasteiger partial charge in [-0.2, -0.15) is 13.2 Å². The van der Waals surface area contributed by atoms with Crippen LogP contribution in [0.1, 0.15) is 22.8 Å². The summed E-state index contributed by atoms with van der Waals surface area (Å²) >= 11 is 0. The molecule has 0 heterocycles. The maximum Gasteiger partial charge on any atom is 0.416 e. The quantitative estimate of drug-likeness (QED) is 0.824. The Bertz CT molecular complexity index is 665. The number of aliphatic hydroxyl groups is 1. The average molecular weight is 306 g/mol. The van der Waals surface area contributed by atoms with Crippen molar-refractivity contribution in [3.63, 3.8) is 0 Å². The summed E-state index contributed by atoms with van der Waals surface area (Å²) in [6.07, 6.45) is -6.71. The molecule has 1 N–H and O–H groups in total. The highest BCUT2D eigenvalue weighted by molar-refractivity contribution is 5.35. The van der Waals surface area contributed by atoms with Crippen molar-refractivity contribution in [2.24, 2.45) is 0 Å². The van der Waals surface area contributed by atoms with Gasteiger partial charge in [0.2, 0.25) is 0 Å². The lowest BCUT2D eigenvalue weighted by Crippen LogP contribution is -2.10. The van der Waals surface area contributed by atoms with Crippen molar-refractivity contribution in [2.45, 2.75) is 12.3 Å². The van der Waals surface area contributed by atoms with E-state index in [0.29, 0.717) is 24.3 Å². The molecule has 112 valence electrons. The summed E-state index contributed by atoms with van der Waals surface area (Å²) < 4.78 is 77.6. The normalized spacial score (nSPS) is 13.3. The number of alkyl halides is 3. The highest BCUT2D eigenvalue weighted by atomic mass is 19.4. The molecule has 2 aromatic rings. The highest BCUT2D eigenvalue weighted by Crippen LogP contribution is 2.34. The molecule has 0 radical (unpaired) electrons. The number of halogens is 6. The summed E-state index contributed by atoms with van der Waals surface area (Å²) in [5.74, 6) is -3.23. The summed E-state index contributed by atoms with van der Waals surface area (Å²) in [4.78, 5) is 0. The minimum Gasteiger partial charge on any atom is -0.383 e. The third-order valence-electron chi connectivity index (χ3n) is 2.87. The van der Waals surface area contributed by atoms with Crippen molar-refractivity contribution in [2.75, 3.05) is 0 Å². The standard InChI is InChI=1S/C14H8F6O/c15-8-2-3-9(12(17)6-8)13(21)10-5-7(14(18,19)20)1-4-11(10)16/h1-6,13,21H. The van der Waals surface area contributed by atoms with Gasteiger partial charge >= 0.3 is 6.18 Å². The molecule has 1 atom stereocenters. The molecule has 0 saturated carbocycles. The van der Waals surface area contributed by atoms with Crippen LogP contribution in [0.3, 0.4) is 0 Å². The van der Waals surface area contributed by atoms with Crippen LogP contribution in [0.15, 0.2) is 36.4 Å². The number of hydrogen-bond donors (Lipinski definition) is 1. The van der Waals surface area contributed by atoms with Crippen LogP contribution < -0.4 is 0 Å². The first-order valence-electron chi connectivity index (χ1n) is 5.70. The van der Waals surface area contributed by atoms with Crippen LogP contribution in [0.4, 0.5) is 26.3 Å². The molecular formula is C14H8F6O. The predicted molar refractivity (Wildman–Crippen MR) is 61.8 cm³/mol. The fourth-order valence-electron chi connectivity index (χ4n) is 1.82. The van der Waals surface area contributed by atoms with E-state index in [0.717, 1.165) is 12.1 Å². The van der Waals surface area contributed by atoms with E-state index in [9.17, 15) is 31.4 Å². The van der Waals surface area contributed by atoms with Gasteiger partial charge in [0.15, 0.2) is 0 Å². The Morgan fingerprint density at radius 3 is 2.05 bits per heavy atom. The van der Waals surface area contributed by atoms with Crippen LogP contribution in [0.25, 0.3) is 0 Å². The Balaban J connectivity index is 2.50. The van der Waals surface area contributed by atoms with E-state index in [4.69, 9.17) is 0 Å². The minimum absolute atomic E-state index is 0.392. The van der Waals surface area contributed by atoms with Crippen LogP contribution in [0.2, 0.25) is 0 Å². The second kappa shape index (κ2) is 5.40. The van der Waals surface area contributed by atoms with Crippen molar-refractivity contribution >= 4 is 0 Å². The number of rotatable bonds is 2. The molecule has 1 nitrogen and oxygen atoms in total. The van der Waals surface area contributed by atoms with Gasteiger partial charge in [0.1, 0.15) is 23.6 Å². The molecule has 0 aliphatic heterocycles. The molecule has 0 aliphatic carbocycles. The molecule has 0 saturated heterocycles. The van der Waals surface area contributed by atoms with Gasteiger partial charge in [0, 0.05) is 17.2 Å². The molecule has 21 heavy (non-hydrogen) atoms. The second-order valence-electron chi connectivity index (χ2n) is 4.30. The minimum atomic E-state index is -4.73. The van der Waals surface area contributed by atoms with Crippen molar-refractivity contribution in [3.05, 3.63) is 70.5 Å². The zero-order valence-corrected chi connectivity index (χ0v) is 10.3. The predicted octanol–water partition coefficient (Wildman–Crippen LogP) is 4.20. The van der Waals surface area contributed by atoms with Gasteiger partial charge < -0.3 is 5.11 Å². The zero-order chi connectivity index (χ0) is 15.8.